The molecule has 1 aromatic rings. The van der Waals surface area contributed by atoms with Gasteiger partial charge in [0.2, 0.25) is 0 Å². The molecule has 0 saturated carbocycles. The number of nitrogen functional groups attached to an aromatic ring is 1. The molecule has 1 nitrogen and oxygen atoms in total. The molecule has 0 aromatic heterocycles. The van der Waals surface area contributed by atoms with Gasteiger partial charge in [-0.1, -0.05) is 26.7 Å². The molecule has 0 heterocycles. The van der Waals surface area contributed by atoms with E-state index in [4.69, 9.17) is 5.73 Å². The fourth-order valence-corrected chi connectivity index (χ4v) is 2.09. The van der Waals surface area contributed by atoms with Gasteiger partial charge in [-0.3, -0.25) is 0 Å². The van der Waals surface area contributed by atoms with E-state index in [2.05, 4.69) is 26.5 Å². The topological polar surface area (TPSA) is 26.0 Å². The molecule has 0 spiro atoms. The first-order valence-corrected chi connectivity index (χ1v) is 5.74. The zero-order valence-corrected chi connectivity index (χ0v) is 9.90. The van der Waals surface area contributed by atoms with E-state index in [0.717, 1.165) is 36.3 Å². The lowest BCUT2D eigenvalue weighted by atomic mass is 9.98. The quantitative estimate of drug-likeness (QED) is 0.576. The van der Waals surface area contributed by atoms with Gasteiger partial charge in [0, 0.05) is 10.6 Å². The first-order chi connectivity index (χ1) is 6.70. The minimum absolute atomic E-state index is 0.924. The Hall–Kier alpha value is -0.630. The van der Waals surface area contributed by atoms with Gasteiger partial charge in [0.05, 0.1) is 0 Å². The molecule has 1 rings (SSSR count). The molecule has 78 valence electrons. The van der Waals surface area contributed by atoms with E-state index in [-0.39, 0.29) is 0 Å². The SMILES string of the molecule is CCCc1c(N)ccc(S)c1CCC. The molecule has 2 N–H and O–H groups in total. The monoisotopic (exact) mass is 209 g/mol. The molecule has 0 radical (unpaired) electrons. The Morgan fingerprint density at radius 2 is 1.64 bits per heavy atom. The largest absolute Gasteiger partial charge is 0.398 e. The van der Waals surface area contributed by atoms with E-state index in [1.54, 1.807) is 0 Å². The summed E-state index contributed by atoms with van der Waals surface area (Å²) in [7, 11) is 0. The van der Waals surface area contributed by atoms with Crippen LogP contribution in [0.15, 0.2) is 17.0 Å². The van der Waals surface area contributed by atoms with Crippen molar-refractivity contribution >= 4 is 18.3 Å². The summed E-state index contributed by atoms with van der Waals surface area (Å²) in [5.41, 5.74) is 9.55. The maximum atomic E-state index is 5.97. The highest BCUT2D eigenvalue weighted by molar-refractivity contribution is 7.80. The second-order valence-corrected chi connectivity index (χ2v) is 4.11. The predicted molar refractivity (Wildman–Crippen MR) is 66.1 cm³/mol. The van der Waals surface area contributed by atoms with E-state index in [9.17, 15) is 0 Å². The molecule has 0 saturated heterocycles. The molecule has 0 bridgehead atoms. The predicted octanol–water partition coefficient (Wildman–Crippen LogP) is 3.46. The van der Waals surface area contributed by atoms with Crippen molar-refractivity contribution in [1.82, 2.24) is 0 Å². The van der Waals surface area contributed by atoms with Crippen LogP contribution in [-0.4, -0.2) is 0 Å². The van der Waals surface area contributed by atoms with Crippen LogP contribution in [0.1, 0.15) is 37.8 Å². The number of rotatable bonds is 4. The smallest absolute Gasteiger partial charge is 0.0350 e. The molecule has 0 fully saturated rings. The summed E-state index contributed by atoms with van der Waals surface area (Å²) in [6.07, 6.45) is 4.43. The molecular weight excluding hydrogens is 190 g/mol. The summed E-state index contributed by atoms with van der Waals surface area (Å²) < 4.78 is 0. The van der Waals surface area contributed by atoms with Crippen molar-refractivity contribution in [3.8, 4) is 0 Å². The highest BCUT2D eigenvalue weighted by atomic mass is 32.1. The normalized spacial score (nSPS) is 10.5. The van der Waals surface area contributed by atoms with Gasteiger partial charge in [0.1, 0.15) is 0 Å². The van der Waals surface area contributed by atoms with Gasteiger partial charge in [0.15, 0.2) is 0 Å². The summed E-state index contributed by atoms with van der Waals surface area (Å²) in [6, 6.07) is 3.97. The van der Waals surface area contributed by atoms with Crippen LogP contribution in [-0.2, 0) is 12.8 Å². The number of hydrogen-bond acceptors (Lipinski definition) is 2. The van der Waals surface area contributed by atoms with Crippen molar-refractivity contribution < 1.29 is 0 Å². The van der Waals surface area contributed by atoms with E-state index < -0.39 is 0 Å². The molecule has 0 amide bonds. The van der Waals surface area contributed by atoms with Crippen LogP contribution < -0.4 is 5.73 Å². The Labute approximate surface area is 92.1 Å². The zero-order chi connectivity index (χ0) is 10.6. The van der Waals surface area contributed by atoms with Gasteiger partial charge in [-0.25, -0.2) is 0 Å². The Bertz CT molecular complexity index is 276. The van der Waals surface area contributed by atoms with Crippen LogP contribution in [0.3, 0.4) is 0 Å². The third-order valence-corrected chi connectivity index (χ3v) is 2.86. The van der Waals surface area contributed by atoms with Crippen LogP contribution in [0, 0.1) is 0 Å². The number of hydrogen-bond donors (Lipinski definition) is 2. The number of anilines is 1. The van der Waals surface area contributed by atoms with Gasteiger partial charge in [0.25, 0.3) is 0 Å². The molecule has 0 aliphatic carbocycles. The van der Waals surface area contributed by atoms with Crippen molar-refractivity contribution in [2.24, 2.45) is 0 Å². The summed E-state index contributed by atoms with van der Waals surface area (Å²) in [5.74, 6) is 0. The molecule has 0 aliphatic rings. The first kappa shape index (κ1) is 11.4. The first-order valence-electron chi connectivity index (χ1n) is 5.29. The lowest BCUT2D eigenvalue weighted by molar-refractivity contribution is 0.846. The lowest BCUT2D eigenvalue weighted by Gasteiger charge is -2.13. The summed E-state index contributed by atoms with van der Waals surface area (Å²) >= 11 is 4.49. The molecule has 2 heteroatoms. The summed E-state index contributed by atoms with van der Waals surface area (Å²) in [6.45, 7) is 4.37. The van der Waals surface area contributed by atoms with E-state index in [1.807, 2.05) is 12.1 Å². The molecule has 0 unspecified atom stereocenters. The van der Waals surface area contributed by atoms with Crippen molar-refractivity contribution in [2.45, 2.75) is 44.4 Å². The highest BCUT2D eigenvalue weighted by Gasteiger charge is 2.08. The summed E-state index contributed by atoms with van der Waals surface area (Å²) in [4.78, 5) is 1.09. The number of thiol groups is 1. The molecule has 14 heavy (non-hydrogen) atoms. The molecule has 1 aromatic carbocycles. The Morgan fingerprint density at radius 3 is 2.21 bits per heavy atom. The number of benzene rings is 1. The standard InChI is InChI=1S/C12H19NS/c1-3-5-9-10(6-4-2)12(14)8-7-11(9)13/h7-8,14H,3-6,13H2,1-2H3. The zero-order valence-electron chi connectivity index (χ0n) is 9.01. The van der Waals surface area contributed by atoms with Crippen molar-refractivity contribution in [3.05, 3.63) is 23.3 Å². The van der Waals surface area contributed by atoms with E-state index in [1.165, 1.54) is 11.1 Å². The highest BCUT2D eigenvalue weighted by Crippen LogP contribution is 2.26. The maximum absolute atomic E-state index is 5.97. The third-order valence-electron chi connectivity index (χ3n) is 2.44. The van der Waals surface area contributed by atoms with Crippen molar-refractivity contribution in [3.63, 3.8) is 0 Å². The van der Waals surface area contributed by atoms with Crippen LogP contribution in [0.25, 0.3) is 0 Å². The van der Waals surface area contributed by atoms with Crippen molar-refractivity contribution in [1.29, 1.82) is 0 Å². The molecular formula is C12H19NS. The number of nitrogens with two attached hydrogens (primary N) is 1. The van der Waals surface area contributed by atoms with E-state index >= 15 is 0 Å². The van der Waals surface area contributed by atoms with E-state index in [0.29, 0.717) is 0 Å². The van der Waals surface area contributed by atoms with Gasteiger partial charge >= 0.3 is 0 Å². The average molecular weight is 209 g/mol. The van der Waals surface area contributed by atoms with Gasteiger partial charge in [-0.2, -0.15) is 0 Å². The fraction of sp³-hybridized carbons (Fsp3) is 0.500. The Morgan fingerprint density at radius 1 is 1.07 bits per heavy atom. The minimum atomic E-state index is 0.924. The van der Waals surface area contributed by atoms with Gasteiger partial charge in [-0.05, 0) is 36.1 Å². The lowest BCUT2D eigenvalue weighted by Crippen LogP contribution is -2.01. The second-order valence-electron chi connectivity index (χ2n) is 3.63. The average Bonchev–Trinajstić information content (AvgIpc) is 2.17. The minimum Gasteiger partial charge on any atom is -0.398 e. The summed E-state index contributed by atoms with van der Waals surface area (Å²) in [5, 5.41) is 0. The van der Waals surface area contributed by atoms with Crippen LogP contribution in [0.2, 0.25) is 0 Å². The Kier molecular flexibility index (Phi) is 4.33. The molecule has 0 atom stereocenters. The van der Waals surface area contributed by atoms with Crippen LogP contribution >= 0.6 is 12.6 Å². The fourth-order valence-electron chi connectivity index (χ4n) is 1.77. The van der Waals surface area contributed by atoms with Gasteiger partial charge in [-0.15, -0.1) is 12.6 Å². The second kappa shape index (κ2) is 5.30. The van der Waals surface area contributed by atoms with Crippen LogP contribution in [0.5, 0.6) is 0 Å². The maximum Gasteiger partial charge on any atom is 0.0350 e. The Balaban J connectivity index is 3.12. The van der Waals surface area contributed by atoms with Gasteiger partial charge < -0.3 is 5.73 Å². The molecule has 0 aliphatic heterocycles. The van der Waals surface area contributed by atoms with Crippen LogP contribution in [0.4, 0.5) is 5.69 Å². The van der Waals surface area contributed by atoms with Crippen molar-refractivity contribution in [2.75, 3.05) is 5.73 Å². The third kappa shape index (κ3) is 2.44.